The van der Waals surface area contributed by atoms with Crippen LogP contribution in [0.25, 0.3) is 11.0 Å². The molecule has 2 rings (SSSR count). The number of unbranched alkanes of at least 4 members (excludes halogenated alkanes) is 11. The summed E-state index contributed by atoms with van der Waals surface area (Å²) in [5.41, 5.74) is 0.109. The largest absolute Gasteiger partial charge is 0.508 e. The van der Waals surface area contributed by atoms with Crippen LogP contribution in [0.4, 0.5) is 0 Å². The molecular weight excluding hydrogens is 416 g/mol. The second-order valence-corrected chi connectivity index (χ2v) is 8.83. The molecule has 0 radical (unpaired) electrons. The van der Waals surface area contributed by atoms with Gasteiger partial charge in [0, 0.05) is 23.4 Å². The van der Waals surface area contributed by atoms with Gasteiger partial charge in [0.1, 0.15) is 11.3 Å². The van der Waals surface area contributed by atoms with Crippen LogP contribution in [0.2, 0.25) is 0 Å². The fourth-order valence-corrected chi connectivity index (χ4v) is 3.95. The average Bonchev–Trinajstić information content (AvgIpc) is 2.79. The Kier molecular flexibility index (Phi) is 12.4. The molecule has 182 valence electrons. The van der Waals surface area contributed by atoms with E-state index in [-0.39, 0.29) is 23.5 Å². The number of esters is 1. The molecule has 0 aliphatic carbocycles. The molecule has 2 aromatic rings. The maximum absolute atomic E-state index is 12.2. The van der Waals surface area contributed by atoms with Gasteiger partial charge in [-0.25, -0.2) is 4.79 Å². The minimum atomic E-state index is -0.705. The topological polar surface area (TPSA) is 76.7 Å². The Morgan fingerprint density at radius 1 is 0.939 bits per heavy atom. The molecule has 0 fully saturated rings. The van der Waals surface area contributed by atoms with Crippen LogP contribution < -0.4 is 10.4 Å². The number of allylic oxidation sites excluding steroid dienone is 2. The lowest BCUT2D eigenvalue weighted by Gasteiger charge is -2.08. The van der Waals surface area contributed by atoms with Gasteiger partial charge in [-0.2, -0.15) is 0 Å². The summed E-state index contributed by atoms with van der Waals surface area (Å²) in [6, 6.07) is 4.52. The first-order valence-corrected chi connectivity index (χ1v) is 12.6. The summed E-state index contributed by atoms with van der Waals surface area (Å²) in [5, 5.41) is 10.2. The van der Waals surface area contributed by atoms with E-state index in [0.717, 1.165) is 32.1 Å². The monoisotopic (exact) mass is 456 g/mol. The van der Waals surface area contributed by atoms with Crippen molar-refractivity contribution in [1.82, 2.24) is 0 Å². The molecule has 0 saturated carbocycles. The maximum atomic E-state index is 12.2. The van der Waals surface area contributed by atoms with Gasteiger partial charge in [-0.05, 0) is 51.2 Å². The van der Waals surface area contributed by atoms with Crippen LogP contribution in [-0.2, 0) is 4.79 Å². The molecule has 0 aliphatic rings. The second kappa shape index (κ2) is 15.3. The Morgan fingerprint density at radius 2 is 1.55 bits per heavy atom. The van der Waals surface area contributed by atoms with Crippen LogP contribution in [0.3, 0.4) is 0 Å². The number of rotatable bonds is 16. The van der Waals surface area contributed by atoms with E-state index >= 15 is 0 Å². The predicted octanol–water partition coefficient (Wildman–Crippen LogP) is 7.75. The summed E-state index contributed by atoms with van der Waals surface area (Å²) in [6.07, 6.45) is 20.5. The number of aryl methyl sites for hydroxylation is 1. The van der Waals surface area contributed by atoms with Gasteiger partial charge in [0.2, 0.25) is 5.75 Å². The number of carbonyl (C=O) groups excluding carboxylic acids is 1. The number of carbonyl (C=O) groups is 1. The van der Waals surface area contributed by atoms with Crippen molar-refractivity contribution in [3.8, 4) is 11.5 Å². The minimum Gasteiger partial charge on any atom is -0.508 e. The molecule has 1 aromatic heterocycles. The first-order chi connectivity index (χ1) is 16.0. The SMILES string of the molecule is CCCCCCCC/C=C\CCCCCCCC(=O)Oc1c(C)c2ccc(O)cc2oc1=O. The molecule has 0 spiro atoms. The highest BCUT2D eigenvalue weighted by atomic mass is 16.5. The molecule has 5 heteroatoms. The smallest absolute Gasteiger partial charge is 0.380 e. The standard InChI is InChI=1S/C28H40O5/c1-3-4-5-6-7-8-9-10-11-12-13-14-15-16-17-18-26(30)33-27-22(2)24-20-19-23(29)21-25(24)32-28(27)31/h10-11,19-21,29H,3-9,12-18H2,1-2H3/b11-10-. The average molecular weight is 457 g/mol. The van der Waals surface area contributed by atoms with E-state index in [1.807, 2.05) is 0 Å². The highest BCUT2D eigenvalue weighted by Crippen LogP contribution is 2.26. The molecule has 1 aromatic carbocycles. The number of phenols is 1. The van der Waals surface area contributed by atoms with Crippen LogP contribution in [0.5, 0.6) is 11.5 Å². The van der Waals surface area contributed by atoms with E-state index in [1.165, 1.54) is 63.5 Å². The van der Waals surface area contributed by atoms with Crippen LogP contribution in [0.1, 0.15) is 102 Å². The summed E-state index contributed by atoms with van der Waals surface area (Å²) in [4.78, 5) is 24.4. The maximum Gasteiger partial charge on any atom is 0.380 e. The Morgan fingerprint density at radius 3 is 2.21 bits per heavy atom. The van der Waals surface area contributed by atoms with E-state index in [4.69, 9.17) is 9.15 Å². The van der Waals surface area contributed by atoms with Gasteiger partial charge in [0.15, 0.2) is 0 Å². The van der Waals surface area contributed by atoms with Gasteiger partial charge in [-0.1, -0.05) is 70.4 Å². The van der Waals surface area contributed by atoms with Crippen molar-refractivity contribution in [3.05, 3.63) is 46.3 Å². The lowest BCUT2D eigenvalue weighted by Crippen LogP contribution is -2.15. The molecule has 33 heavy (non-hydrogen) atoms. The van der Waals surface area contributed by atoms with Crippen molar-refractivity contribution in [2.75, 3.05) is 0 Å². The summed E-state index contributed by atoms with van der Waals surface area (Å²) >= 11 is 0. The van der Waals surface area contributed by atoms with Crippen molar-refractivity contribution >= 4 is 16.9 Å². The van der Waals surface area contributed by atoms with Crippen molar-refractivity contribution in [2.24, 2.45) is 0 Å². The summed E-state index contributed by atoms with van der Waals surface area (Å²) in [7, 11) is 0. The fraction of sp³-hybridized carbons (Fsp3) is 0.571. The predicted molar refractivity (Wildman–Crippen MR) is 134 cm³/mol. The summed E-state index contributed by atoms with van der Waals surface area (Å²) in [6.45, 7) is 3.96. The van der Waals surface area contributed by atoms with Gasteiger partial charge in [0.25, 0.3) is 0 Å². The number of hydrogen-bond donors (Lipinski definition) is 1. The lowest BCUT2D eigenvalue weighted by molar-refractivity contribution is -0.134. The molecule has 0 unspecified atom stereocenters. The number of phenolic OH excluding ortho intramolecular Hbond substituents is 1. The molecule has 5 nitrogen and oxygen atoms in total. The lowest BCUT2D eigenvalue weighted by atomic mass is 10.1. The second-order valence-electron chi connectivity index (χ2n) is 8.83. The number of aromatic hydroxyl groups is 1. The van der Waals surface area contributed by atoms with Crippen molar-refractivity contribution in [2.45, 2.75) is 104 Å². The highest BCUT2D eigenvalue weighted by Gasteiger charge is 2.16. The quantitative estimate of drug-likeness (QED) is 0.121. The summed E-state index contributed by atoms with van der Waals surface area (Å²) in [5.74, 6) is -0.467. The zero-order valence-electron chi connectivity index (χ0n) is 20.4. The molecule has 0 atom stereocenters. The van der Waals surface area contributed by atoms with Gasteiger partial charge in [-0.3, -0.25) is 4.79 Å². The van der Waals surface area contributed by atoms with Crippen molar-refractivity contribution in [3.63, 3.8) is 0 Å². The van der Waals surface area contributed by atoms with Gasteiger partial charge in [0.05, 0.1) is 0 Å². The Bertz CT molecular complexity index is 941. The molecule has 1 N–H and O–H groups in total. The zero-order valence-corrected chi connectivity index (χ0v) is 20.4. The Balaban J connectivity index is 1.56. The summed E-state index contributed by atoms with van der Waals surface area (Å²) < 4.78 is 10.5. The normalized spacial score (nSPS) is 11.5. The number of hydrogen-bond acceptors (Lipinski definition) is 5. The number of benzene rings is 1. The van der Waals surface area contributed by atoms with E-state index in [9.17, 15) is 14.7 Å². The molecule has 0 amide bonds. The third-order valence-electron chi connectivity index (χ3n) is 5.96. The minimum absolute atomic E-state index is 0.0129. The Labute approximate surface area is 197 Å². The molecular formula is C28H40O5. The molecule has 0 bridgehead atoms. The van der Waals surface area contributed by atoms with Gasteiger partial charge in [-0.15, -0.1) is 0 Å². The van der Waals surface area contributed by atoms with Crippen LogP contribution in [-0.4, -0.2) is 11.1 Å². The van der Waals surface area contributed by atoms with Crippen LogP contribution in [0, 0.1) is 6.92 Å². The van der Waals surface area contributed by atoms with E-state index in [0.29, 0.717) is 10.9 Å². The fourth-order valence-electron chi connectivity index (χ4n) is 3.95. The van der Waals surface area contributed by atoms with E-state index in [1.54, 1.807) is 13.0 Å². The van der Waals surface area contributed by atoms with E-state index in [2.05, 4.69) is 19.1 Å². The molecule has 0 saturated heterocycles. The zero-order chi connectivity index (χ0) is 23.9. The molecule has 0 aliphatic heterocycles. The highest BCUT2D eigenvalue weighted by molar-refractivity contribution is 5.84. The van der Waals surface area contributed by atoms with Gasteiger partial charge < -0.3 is 14.3 Å². The van der Waals surface area contributed by atoms with Gasteiger partial charge >= 0.3 is 11.6 Å². The third kappa shape index (κ3) is 9.85. The Hall–Kier alpha value is -2.56. The van der Waals surface area contributed by atoms with Crippen molar-refractivity contribution < 1.29 is 19.1 Å². The van der Waals surface area contributed by atoms with E-state index < -0.39 is 11.6 Å². The first kappa shape index (κ1) is 26.7. The number of fused-ring (bicyclic) bond motifs is 1. The third-order valence-corrected chi connectivity index (χ3v) is 5.96. The van der Waals surface area contributed by atoms with Crippen molar-refractivity contribution in [1.29, 1.82) is 0 Å². The number of ether oxygens (including phenoxy) is 1. The van der Waals surface area contributed by atoms with Crippen LogP contribution in [0.15, 0.2) is 39.6 Å². The first-order valence-electron chi connectivity index (χ1n) is 12.6. The van der Waals surface area contributed by atoms with Crippen LogP contribution >= 0.6 is 0 Å². The molecule has 1 heterocycles.